The molecule has 0 amide bonds. The Bertz CT molecular complexity index is 1170. The van der Waals surface area contributed by atoms with Crippen LogP contribution in [-0.4, -0.2) is 0 Å². The Morgan fingerprint density at radius 2 is 0.963 bits per heavy atom. The lowest BCUT2D eigenvalue weighted by molar-refractivity contribution is 0.494. The van der Waals surface area contributed by atoms with Gasteiger partial charge in [-0.2, -0.15) is 0 Å². The van der Waals surface area contributed by atoms with Crippen molar-refractivity contribution in [3.8, 4) is 22.6 Å². The molecule has 0 heterocycles. The largest absolute Gasteiger partial charge is 0.456 e. The van der Waals surface area contributed by atoms with Gasteiger partial charge in [-0.15, -0.1) is 0 Å². The van der Waals surface area contributed by atoms with Crippen LogP contribution < -0.4 is 4.74 Å². The molecule has 5 aromatic rings. The normalized spacial score (nSPS) is 11.0. The van der Waals surface area contributed by atoms with Crippen molar-refractivity contribution in [1.82, 2.24) is 0 Å². The maximum absolute atomic E-state index is 6.40. The van der Waals surface area contributed by atoms with Gasteiger partial charge in [-0.25, -0.2) is 0 Å². The van der Waals surface area contributed by atoms with Crippen molar-refractivity contribution in [2.75, 3.05) is 0 Å². The molecule has 0 fully saturated rings. The van der Waals surface area contributed by atoms with Crippen LogP contribution in [0.4, 0.5) is 0 Å². The molecule has 0 saturated carbocycles. The SMILES string of the molecule is c1ccc(-c2ccc(Oc3c4ccccc4cc4ccccc34)cc2)cc1. The van der Waals surface area contributed by atoms with E-state index in [1.165, 1.54) is 21.9 Å². The van der Waals surface area contributed by atoms with E-state index in [2.05, 4.69) is 91.0 Å². The van der Waals surface area contributed by atoms with Crippen LogP contribution in [0.5, 0.6) is 11.5 Å². The Morgan fingerprint density at radius 1 is 0.444 bits per heavy atom. The van der Waals surface area contributed by atoms with Crippen molar-refractivity contribution >= 4 is 21.5 Å². The highest BCUT2D eigenvalue weighted by Crippen LogP contribution is 2.38. The van der Waals surface area contributed by atoms with Gasteiger partial charge in [0.15, 0.2) is 0 Å². The summed E-state index contributed by atoms with van der Waals surface area (Å²) in [5.41, 5.74) is 2.39. The van der Waals surface area contributed by atoms with Crippen LogP contribution >= 0.6 is 0 Å². The lowest BCUT2D eigenvalue weighted by Gasteiger charge is -2.13. The second-order valence-electron chi connectivity index (χ2n) is 6.64. The summed E-state index contributed by atoms with van der Waals surface area (Å²) in [5, 5.41) is 4.63. The summed E-state index contributed by atoms with van der Waals surface area (Å²) in [5.74, 6) is 1.76. The summed E-state index contributed by atoms with van der Waals surface area (Å²) in [6.45, 7) is 0. The molecule has 5 rings (SSSR count). The number of hydrogen-bond acceptors (Lipinski definition) is 1. The molecule has 0 bridgehead atoms. The fourth-order valence-corrected chi connectivity index (χ4v) is 3.55. The zero-order chi connectivity index (χ0) is 18.1. The number of benzene rings is 5. The first kappa shape index (κ1) is 15.7. The molecule has 0 aliphatic rings. The van der Waals surface area contributed by atoms with Crippen LogP contribution in [0.15, 0.2) is 109 Å². The number of rotatable bonds is 3. The summed E-state index contributed by atoms with van der Waals surface area (Å²) >= 11 is 0. The summed E-state index contributed by atoms with van der Waals surface area (Å²) < 4.78 is 6.40. The van der Waals surface area contributed by atoms with Gasteiger partial charge in [0.2, 0.25) is 0 Å². The van der Waals surface area contributed by atoms with Crippen molar-refractivity contribution in [2.24, 2.45) is 0 Å². The van der Waals surface area contributed by atoms with E-state index in [9.17, 15) is 0 Å². The molecule has 27 heavy (non-hydrogen) atoms. The fraction of sp³-hybridized carbons (Fsp3) is 0. The van der Waals surface area contributed by atoms with E-state index < -0.39 is 0 Å². The van der Waals surface area contributed by atoms with Gasteiger partial charge < -0.3 is 4.74 Å². The quantitative estimate of drug-likeness (QED) is 0.308. The molecular weight excluding hydrogens is 328 g/mol. The highest BCUT2D eigenvalue weighted by molar-refractivity contribution is 6.05. The van der Waals surface area contributed by atoms with Crippen molar-refractivity contribution < 1.29 is 4.74 Å². The third-order valence-corrected chi connectivity index (χ3v) is 4.90. The molecule has 0 aromatic heterocycles. The van der Waals surface area contributed by atoms with Gasteiger partial charge in [0.1, 0.15) is 11.5 Å². The molecule has 128 valence electrons. The highest BCUT2D eigenvalue weighted by atomic mass is 16.5. The van der Waals surface area contributed by atoms with E-state index in [0.717, 1.165) is 22.3 Å². The van der Waals surface area contributed by atoms with Gasteiger partial charge in [0.25, 0.3) is 0 Å². The summed E-state index contributed by atoms with van der Waals surface area (Å²) in [4.78, 5) is 0. The average Bonchev–Trinajstić information content (AvgIpc) is 2.75. The standard InChI is InChI=1S/C26H18O/c1-2-8-19(9-3-1)20-14-16-23(17-15-20)27-26-24-12-6-4-10-21(24)18-22-11-5-7-13-25(22)26/h1-18H. The van der Waals surface area contributed by atoms with E-state index in [4.69, 9.17) is 4.74 Å². The van der Waals surface area contributed by atoms with E-state index in [-0.39, 0.29) is 0 Å². The van der Waals surface area contributed by atoms with Crippen LogP contribution in [0, 0.1) is 0 Å². The zero-order valence-electron chi connectivity index (χ0n) is 14.8. The Labute approximate surface area is 158 Å². The van der Waals surface area contributed by atoms with Gasteiger partial charge in [0, 0.05) is 10.8 Å². The first-order chi connectivity index (χ1) is 13.4. The topological polar surface area (TPSA) is 9.23 Å². The molecule has 0 atom stereocenters. The summed E-state index contributed by atoms with van der Waals surface area (Å²) in [7, 11) is 0. The molecule has 0 spiro atoms. The fourth-order valence-electron chi connectivity index (χ4n) is 3.55. The van der Waals surface area contributed by atoms with Gasteiger partial charge >= 0.3 is 0 Å². The Kier molecular flexibility index (Phi) is 3.84. The third kappa shape index (κ3) is 2.94. The third-order valence-electron chi connectivity index (χ3n) is 4.90. The molecular formula is C26H18O. The predicted octanol–water partition coefficient (Wildman–Crippen LogP) is 7.45. The van der Waals surface area contributed by atoms with Crippen LogP contribution in [-0.2, 0) is 0 Å². The Morgan fingerprint density at radius 3 is 1.59 bits per heavy atom. The van der Waals surface area contributed by atoms with E-state index in [1.54, 1.807) is 0 Å². The smallest absolute Gasteiger partial charge is 0.143 e. The first-order valence-electron chi connectivity index (χ1n) is 9.12. The lowest BCUT2D eigenvalue weighted by Crippen LogP contribution is -1.89. The van der Waals surface area contributed by atoms with Gasteiger partial charge in [-0.3, -0.25) is 0 Å². The number of ether oxygens (including phenoxy) is 1. The first-order valence-corrected chi connectivity index (χ1v) is 9.12. The van der Waals surface area contributed by atoms with Crippen LogP contribution in [0.1, 0.15) is 0 Å². The minimum absolute atomic E-state index is 0.844. The van der Waals surface area contributed by atoms with Crippen LogP contribution in [0.2, 0.25) is 0 Å². The van der Waals surface area contributed by atoms with E-state index in [1.807, 2.05) is 18.2 Å². The number of fused-ring (bicyclic) bond motifs is 2. The molecule has 0 N–H and O–H groups in total. The predicted molar refractivity (Wildman–Crippen MR) is 113 cm³/mol. The second kappa shape index (κ2) is 6.62. The Balaban J connectivity index is 1.59. The Hall–Kier alpha value is -3.58. The van der Waals surface area contributed by atoms with E-state index >= 15 is 0 Å². The maximum atomic E-state index is 6.40. The molecule has 1 heteroatoms. The molecule has 0 unspecified atom stereocenters. The molecule has 0 aliphatic carbocycles. The molecule has 1 nitrogen and oxygen atoms in total. The van der Waals surface area contributed by atoms with Gasteiger partial charge in [0.05, 0.1) is 0 Å². The van der Waals surface area contributed by atoms with E-state index in [0.29, 0.717) is 0 Å². The monoisotopic (exact) mass is 346 g/mol. The summed E-state index contributed by atoms with van der Waals surface area (Å²) in [6, 6.07) is 37.7. The van der Waals surface area contributed by atoms with Crippen molar-refractivity contribution in [1.29, 1.82) is 0 Å². The maximum Gasteiger partial charge on any atom is 0.143 e. The van der Waals surface area contributed by atoms with Crippen LogP contribution in [0.25, 0.3) is 32.7 Å². The molecule has 5 aromatic carbocycles. The molecule has 0 saturated heterocycles. The molecule has 0 aliphatic heterocycles. The van der Waals surface area contributed by atoms with Crippen LogP contribution in [0.3, 0.4) is 0 Å². The minimum Gasteiger partial charge on any atom is -0.456 e. The zero-order valence-corrected chi connectivity index (χ0v) is 14.8. The van der Waals surface area contributed by atoms with Gasteiger partial charge in [-0.05, 0) is 40.1 Å². The van der Waals surface area contributed by atoms with Crippen molar-refractivity contribution in [3.05, 3.63) is 109 Å². The van der Waals surface area contributed by atoms with Crippen molar-refractivity contribution in [2.45, 2.75) is 0 Å². The second-order valence-corrected chi connectivity index (χ2v) is 6.64. The minimum atomic E-state index is 0.844. The van der Waals surface area contributed by atoms with Gasteiger partial charge in [-0.1, -0.05) is 91.0 Å². The number of hydrogen-bond donors (Lipinski definition) is 0. The summed E-state index contributed by atoms with van der Waals surface area (Å²) in [6.07, 6.45) is 0. The van der Waals surface area contributed by atoms with Crippen molar-refractivity contribution in [3.63, 3.8) is 0 Å². The highest BCUT2D eigenvalue weighted by Gasteiger charge is 2.10. The molecule has 0 radical (unpaired) electrons. The average molecular weight is 346 g/mol. The lowest BCUT2D eigenvalue weighted by atomic mass is 10.0.